The molecule has 0 saturated carbocycles. The molecule has 1 aliphatic carbocycles. The molecule has 212 valence electrons. The Bertz CT molecular complexity index is 1480. The summed E-state index contributed by atoms with van der Waals surface area (Å²) in [7, 11) is 0. The summed E-state index contributed by atoms with van der Waals surface area (Å²) in [6.07, 6.45) is 13.4. The highest BCUT2D eigenvalue weighted by atomic mass is 16.2. The maximum absolute atomic E-state index is 13.2. The fourth-order valence-electron chi connectivity index (χ4n) is 6.35. The molecule has 0 bridgehead atoms. The highest BCUT2D eigenvalue weighted by Crippen LogP contribution is 2.27. The Labute approximate surface area is 239 Å². The average Bonchev–Trinajstić information content (AvgIpc) is 3.67. The fourth-order valence-corrected chi connectivity index (χ4v) is 6.35. The molecule has 0 spiro atoms. The first kappa shape index (κ1) is 25.8. The summed E-state index contributed by atoms with van der Waals surface area (Å²) >= 11 is 0. The van der Waals surface area contributed by atoms with Gasteiger partial charge in [-0.25, -0.2) is 9.97 Å². The van der Waals surface area contributed by atoms with Crippen molar-refractivity contribution in [3.05, 3.63) is 71.1 Å². The molecular formula is C30H36N10O. The average molecular weight is 553 g/mol. The third-order valence-electron chi connectivity index (χ3n) is 8.57. The summed E-state index contributed by atoms with van der Waals surface area (Å²) in [5.41, 5.74) is 7.46. The van der Waals surface area contributed by atoms with E-state index in [1.807, 2.05) is 23.5 Å². The molecule has 1 aromatic carbocycles. The van der Waals surface area contributed by atoms with E-state index >= 15 is 0 Å². The van der Waals surface area contributed by atoms with Crippen molar-refractivity contribution in [3.63, 3.8) is 0 Å². The molecule has 11 nitrogen and oxygen atoms in total. The topological polar surface area (TPSA) is 121 Å². The number of nitrogens with zero attached hydrogens (tertiary/aromatic N) is 8. The minimum atomic E-state index is 0.0300. The predicted molar refractivity (Wildman–Crippen MR) is 154 cm³/mol. The highest BCUT2D eigenvalue weighted by molar-refractivity contribution is 5.76. The van der Waals surface area contributed by atoms with Crippen LogP contribution in [0, 0.1) is 0 Å². The third-order valence-corrected chi connectivity index (χ3v) is 8.57. The van der Waals surface area contributed by atoms with E-state index in [1.165, 1.54) is 36.8 Å². The van der Waals surface area contributed by atoms with Gasteiger partial charge in [-0.3, -0.25) is 14.4 Å². The van der Waals surface area contributed by atoms with Gasteiger partial charge in [0.1, 0.15) is 12.2 Å². The summed E-state index contributed by atoms with van der Waals surface area (Å²) in [6.45, 7) is 4.20. The molecule has 2 N–H and O–H groups in total. The van der Waals surface area contributed by atoms with Crippen LogP contribution in [0.1, 0.15) is 53.9 Å². The second kappa shape index (κ2) is 11.4. The lowest BCUT2D eigenvalue weighted by Gasteiger charge is -2.25. The fraction of sp³-hybridized carbons (Fsp3) is 0.467. The van der Waals surface area contributed by atoms with E-state index in [2.05, 4.69) is 59.9 Å². The second-order valence-electron chi connectivity index (χ2n) is 11.5. The van der Waals surface area contributed by atoms with E-state index in [0.717, 1.165) is 60.7 Å². The van der Waals surface area contributed by atoms with Crippen LogP contribution in [0.15, 0.2) is 42.9 Å². The molecule has 3 aliphatic rings. The van der Waals surface area contributed by atoms with Crippen molar-refractivity contribution in [2.24, 2.45) is 0 Å². The Hall–Kier alpha value is -4.12. The van der Waals surface area contributed by atoms with Crippen molar-refractivity contribution < 1.29 is 4.79 Å². The first-order chi connectivity index (χ1) is 20.2. The first-order valence-corrected chi connectivity index (χ1v) is 14.8. The van der Waals surface area contributed by atoms with Crippen molar-refractivity contribution in [2.75, 3.05) is 25.0 Å². The number of likely N-dealkylation sites (tertiary alicyclic amines) is 1. The number of benzene rings is 1. The molecule has 1 fully saturated rings. The van der Waals surface area contributed by atoms with Crippen LogP contribution >= 0.6 is 0 Å². The Morgan fingerprint density at radius 1 is 0.951 bits per heavy atom. The second-order valence-corrected chi connectivity index (χ2v) is 11.5. The highest BCUT2D eigenvalue weighted by Gasteiger charge is 2.25. The molecular weight excluding hydrogens is 516 g/mol. The number of amides is 1. The maximum atomic E-state index is 13.2. The molecule has 0 unspecified atom stereocenters. The molecule has 1 amide bonds. The van der Waals surface area contributed by atoms with E-state index in [1.54, 1.807) is 4.68 Å². The van der Waals surface area contributed by atoms with Gasteiger partial charge in [0.15, 0.2) is 0 Å². The molecule has 1 saturated heterocycles. The van der Waals surface area contributed by atoms with E-state index < -0.39 is 0 Å². The number of aromatic amines is 1. The summed E-state index contributed by atoms with van der Waals surface area (Å²) in [5, 5.41) is 19.5. The van der Waals surface area contributed by atoms with Gasteiger partial charge in [-0.1, -0.05) is 37.1 Å². The molecule has 7 rings (SSSR count). The van der Waals surface area contributed by atoms with Crippen LogP contribution in [-0.4, -0.2) is 76.5 Å². The van der Waals surface area contributed by atoms with Gasteiger partial charge in [-0.05, 0) is 49.9 Å². The first-order valence-electron chi connectivity index (χ1n) is 14.8. The van der Waals surface area contributed by atoms with Gasteiger partial charge in [0.2, 0.25) is 11.9 Å². The number of hydrogen-bond acceptors (Lipinski definition) is 8. The number of nitrogens with one attached hydrogen (secondary N) is 2. The standard InChI is InChI=1S/C30H36N10O/c41-29(39-12-9-26-28(19-39)35-37-34-26)20-40-17-25(27(36-40)18-38-10-5-1-2-6-11-38)23-15-31-30(32-16-23)33-24-13-21-7-3-4-8-22(21)14-24/h3-4,7-8,15-17,24H,1-2,5-6,9-14,18-20H2,(H,31,32,33)(H,34,35,37). The van der Waals surface area contributed by atoms with Crippen molar-refractivity contribution >= 4 is 11.9 Å². The van der Waals surface area contributed by atoms with Gasteiger partial charge in [0, 0.05) is 55.3 Å². The quantitative estimate of drug-likeness (QED) is 0.359. The van der Waals surface area contributed by atoms with Gasteiger partial charge in [0.05, 0.1) is 17.9 Å². The SMILES string of the molecule is O=C(Cn1cc(-c2cnc(NC3Cc4ccccc4C3)nc2)c(CN2CCCCCC2)n1)N1CCc2n[nH]nc2C1. The van der Waals surface area contributed by atoms with Crippen molar-refractivity contribution in [2.45, 2.75) is 70.6 Å². The maximum Gasteiger partial charge on any atom is 0.244 e. The van der Waals surface area contributed by atoms with Crippen LogP contribution < -0.4 is 5.32 Å². The van der Waals surface area contributed by atoms with Gasteiger partial charge in [-0.15, -0.1) is 0 Å². The number of aromatic nitrogens is 7. The Kier molecular flexibility index (Phi) is 7.18. The summed E-state index contributed by atoms with van der Waals surface area (Å²) in [5.74, 6) is 0.669. The van der Waals surface area contributed by atoms with E-state index in [4.69, 9.17) is 5.10 Å². The van der Waals surface area contributed by atoms with Crippen LogP contribution in [0.25, 0.3) is 11.1 Å². The van der Waals surface area contributed by atoms with Crippen LogP contribution in [0.4, 0.5) is 5.95 Å². The van der Waals surface area contributed by atoms with E-state index in [-0.39, 0.29) is 12.5 Å². The van der Waals surface area contributed by atoms with Crippen LogP contribution in [-0.2, 0) is 43.7 Å². The molecule has 0 atom stereocenters. The number of carbonyl (C=O) groups is 1. The number of carbonyl (C=O) groups excluding carboxylic acids is 1. The summed E-state index contributed by atoms with van der Waals surface area (Å²) < 4.78 is 1.78. The number of hydrogen-bond donors (Lipinski definition) is 2. The molecule has 5 heterocycles. The zero-order valence-electron chi connectivity index (χ0n) is 23.3. The summed E-state index contributed by atoms with van der Waals surface area (Å²) in [4.78, 5) is 26.9. The molecule has 3 aromatic heterocycles. The zero-order chi connectivity index (χ0) is 27.6. The summed E-state index contributed by atoms with van der Waals surface area (Å²) in [6, 6.07) is 8.90. The Morgan fingerprint density at radius 3 is 2.44 bits per heavy atom. The lowest BCUT2D eigenvalue weighted by molar-refractivity contribution is -0.133. The van der Waals surface area contributed by atoms with Gasteiger partial charge in [0.25, 0.3) is 0 Å². The van der Waals surface area contributed by atoms with Crippen molar-refractivity contribution in [1.29, 1.82) is 0 Å². The van der Waals surface area contributed by atoms with Gasteiger partial charge in [-0.2, -0.15) is 20.5 Å². The third kappa shape index (κ3) is 5.72. The number of anilines is 1. The molecule has 11 heteroatoms. The largest absolute Gasteiger partial charge is 0.351 e. The van der Waals surface area contributed by atoms with Crippen LogP contribution in [0.2, 0.25) is 0 Å². The van der Waals surface area contributed by atoms with Gasteiger partial charge >= 0.3 is 0 Å². The lowest BCUT2D eigenvalue weighted by atomic mass is 10.1. The molecule has 41 heavy (non-hydrogen) atoms. The number of H-pyrrole nitrogens is 1. The van der Waals surface area contributed by atoms with Crippen LogP contribution in [0.3, 0.4) is 0 Å². The van der Waals surface area contributed by atoms with E-state index in [9.17, 15) is 4.79 Å². The number of rotatable bonds is 7. The molecule has 0 radical (unpaired) electrons. The van der Waals surface area contributed by atoms with Crippen molar-refractivity contribution in [1.82, 2.24) is 45.0 Å². The van der Waals surface area contributed by atoms with Gasteiger partial charge < -0.3 is 10.2 Å². The normalized spacial score (nSPS) is 17.7. The monoisotopic (exact) mass is 552 g/mol. The molecule has 2 aliphatic heterocycles. The Balaban J connectivity index is 1.08. The zero-order valence-corrected chi connectivity index (χ0v) is 23.3. The lowest BCUT2D eigenvalue weighted by Crippen LogP contribution is -2.38. The van der Waals surface area contributed by atoms with Crippen LogP contribution in [0.5, 0.6) is 0 Å². The Morgan fingerprint density at radius 2 is 1.68 bits per heavy atom. The predicted octanol–water partition coefficient (Wildman–Crippen LogP) is 3.00. The molecule has 4 aromatic rings. The van der Waals surface area contributed by atoms with E-state index in [0.29, 0.717) is 31.5 Å². The minimum absolute atomic E-state index is 0.0300. The smallest absolute Gasteiger partial charge is 0.244 e. The number of fused-ring (bicyclic) bond motifs is 2. The van der Waals surface area contributed by atoms with Crippen molar-refractivity contribution in [3.8, 4) is 11.1 Å². The minimum Gasteiger partial charge on any atom is -0.351 e.